The van der Waals surface area contributed by atoms with Crippen LogP contribution in [0.2, 0.25) is 0 Å². The van der Waals surface area contributed by atoms with Gasteiger partial charge in [0.2, 0.25) is 0 Å². The van der Waals surface area contributed by atoms with Crippen molar-refractivity contribution in [2.45, 2.75) is 20.4 Å². The number of thiophene rings is 1. The lowest BCUT2D eigenvalue weighted by Gasteiger charge is -2.18. The summed E-state index contributed by atoms with van der Waals surface area (Å²) >= 11 is 1.62. The summed E-state index contributed by atoms with van der Waals surface area (Å²) in [5.41, 5.74) is 2.65. The van der Waals surface area contributed by atoms with E-state index in [-0.39, 0.29) is 11.7 Å². The summed E-state index contributed by atoms with van der Waals surface area (Å²) in [6.45, 7) is 8.19. The number of carbonyl (C=O) groups is 1. The van der Waals surface area contributed by atoms with Gasteiger partial charge < -0.3 is 14.8 Å². The molecule has 2 heterocycles. The molecule has 0 unspecified atom stereocenters. The Morgan fingerprint density at radius 2 is 1.92 bits per heavy atom. The monoisotopic (exact) mass is 373 g/mol. The molecule has 138 valence electrons. The summed E-state index contributed by atoms with van der Waals surface area (Å²) < 4.78 is 16.3. The average molecular weight is 373 g/mol. The van der Waals surface area contributed by atoms with Crippen molar-refractivity contribution in [2.75, 3.05) is 26.2 Å². The Morgan fingerprint density at radius 1 is 1.19 bits per heavy atom. The lowest BCUT2D eigenvalue weighted by Crippen LogP contribution is -2.35. The first-order valence-electron chi connectivity index (χ1n) is 8.94. The van der Waals surface area contributed by atoms with Crippen LogP contribution in [0.15, 0.2) is 41.8 Å². The molecule has 6 heteroatoms. The second-order valence-electron chi connectivity index (χ2n) is 6.20. The van der Waals surface area contributed by atoms with Gasteiger partial charge in [-0.25, -0.2) is 4.39 Å². The first-order chi connectivity index (χ1) is 12.6. The van der Waals surface area contributed by atoms with Gasteiger partial charge in [-0.1, -0.05) is 26.0 Å². The van der Waals surface area contributed by atoms with Crippen LogP contribution in [0.3, 0.4) is 0 Å². The zero-order valence-electron chi connectivity index (χ0n) is 15.2. The van der Waals surface area contributed by atoms with Gasteiger partial charge in [-0.2, -0.15) is 0 Å². The highest BCUT2D eigenvalue weighted by Gasteiger charge is 2.16. The van der Waals surface area contributed by atoms with E-state index in [1.54, 1.807) is 23.5 Å². The Hall–Kier alpha value is -2.18. The zero-order valence-corrected chi connectivity index (χ0v) is 16.0. The van der Waals surface area contributed by atoms with Crippen LogP contribution in [-0.4, -0.2) is 41.6 Å². The fourth-order valence-electron chi connectivity index (χ4n) is 3.07. The number of hydrogen-bond donors (Lipinski definition) is 1. The van der Waals surface area contributed by atoms with E-state index in [0.29, 0.717) is 18.8 Å². The molecule has 4 nitrogen and oxygen atoms in total. The van der Waals surface area contributed by atoms with E-state index in [4.69, 9.17) is 0 Å². The first-order valence-corrected chi connectivity index (χ1v) is 9.82. The highest BCUT2D eigenvalue weighted by atomic mass is 32.1. The van der Waals surface area contributed by atoms with E-state index in [1.807, 2.05) is 22.1 Å². The summed E-state index contributed by atoms with van der Waals surface area (Å²) in [5, 5.41) is 5.05. The molecule has 3 rings (SSSR count). The molecule has 2 aromatic heterocycles. The maximum Gasteiger partial charge on any atom is 0.268 e. The molecule has 1 aromatic carbocycles. The molecule has 0 saturated heterocycles. The fraction of sp³-hybridized carbons (Fsp3) is 0.350. The summed E-state index contributed by atoms with van der Waals surface area (Å²) in [6.07, 6.45) is 0. The van der Waals surface area contributed by atoms with E-state index in [1.165, 1.54) is 12.1 Å². The molecule has 0 saturated carbocycles. The summed E-state index contributed by atoms with van der Waals surface area (Å²) in [6, 6.07) is 10.4. The van der Waals surface area contributed by atoms with E-state index in [2.05, 4.69) is 24.1 Å². The molecule has 0 aliphatic heterocycles. The lowest BCUT2D eigenvalue weighted by molar-refractivity contribution is 0.0940. The van der Waals surface area contributed by atoms with Gasteiger partial charge in [0.05, 0.1) is 10.2 Å². The topological polar surface area (TPSA) is 37.3 Å². The zero-order chi connectivity index (χ0) is 18.5. The predicted molar refractivity (Wildman–Crippen MR) is 105 cm³/mol. The normalized spacial score (nSPS) is 11.4. The van der Waals surface area contributed by atoms with Gasteiger partial charge in [0, 0.05) is 19.6 Å². The maximum absolute atomic E-state index is 13.2. The number of hydrogen-bond acceptors (Lipinski definition) is 3. The fourth-order valence-corrected chi connectivity index (χ4v) is 3.89. The van der Waals surface area contributed by atoms with Crippen molar-refractivity contribution < 1.29 is 9.18 Å². The average Bonchev–Trinajstić information content (AvgIpc) is 3.23. The molecule has 1 amide bonds. The second kappa shape index (κ2) is 8.47. The standard InChI is InChI=1S/C20H24FN3OS/c1-3-23(4-2)11-10-22-20(25)18-13-19-17(9-12-26-19)24(18)14-15-5-7-16(21)8-6-15/h5-9,12-13H,3-4,10-11,14H2,1-2H3,(H,22,25). The van der Waals surface area contributed by atoms with Crippen LogP contribution in [0, 0.1) is 5.82 Å². The Bertz CT molecular complexity index is 865. The van der Waals surface area contributed by atoms with Gasteiger partial charge in [-0.3, -0.25) is 4.79 Å². The highest BCUT2D eigenvalue weighted by molar-refractivity contribution is 7.17. The van der Waals surface area contributed by atoms with Gasteiger partial charge in [0.25, 0.3) is 5.91 Å². The van der Waals surface area contributed by atoms with Crippen LogP contribution in [0.1, 0.15) is 29.9 Å². The van der Waals surface area contributed by atoms with Crippen LogP contribution in [0.5, 0.6) is 0 Å². The predicted octanol–water partition coefficient (Wildman–Crippen LogP) is 3.96. The maximum atomic E-state index is 13.2. The number of aromatic nitrogens is 1. The molecule has 0 aliphatic rings. The summed E-state index contributed by atoms with van der Waals surface area (Å²) in [5.74, 6) is -0.320. The van der Waals surface area contributed by atoms with Crippen molar-refractivity contribution in [1.29, 1.82) is 0 Å². The van der Waals surface area contributed by atoms with Crippen LogP contribution in [-0.2, 0) is 6.54 Å². The van der Waals surface area contributed by atoms with Crippen molar-refractivity contribution in [3.8, 4) is 0 Å². The first kappa shape index (κ1) is 18.6. The third kappa shape index (κ3) is 4.14. The largest absolute Gasteiger partial charge is 0.349 e. The number of rotatable bonds is 8. The molecule has 0 atom stereocenters. The lowest BCUT2D eigenvalue weighted by atomic mass is 10.2. The molecule has 3 aromatic rings. The molecular weight excluding hydrogens is 349 g/mol. The Labute approximate surface area is 157 Å². The smallest absolute Gasteiger partial charge is 0.268 e. The van der Waals surface area contributed by atoms with Crippen LogP contribution >= 0.6 is 11.3 Å². The van der Waals surface area contributed by atoms with E-state index >= 15 is 0 Å². The Balaban J connectivity index is 1.78. The number of carbonyl (C=O) groups excluding carboxylic acids is 1. The molecule has 0 bridgehead atoms. The number of nitrogens with one attached hydrogen (secondary N) is 1. The van der Waals surface area contributed by atoms with Crippen LogP contribution in [0.25, 0.3) is 10.2 Å². The quantitative estimate of drug-likeness (QED) is 0.649. The van der Waals surface area contributed by atoms with Gasteiger partial charge in [-0.15, -0.1) is 11.3 Å². The van der Waals surface area contributed by atoms with Gasteiger partial charge in [0.1, 0.15) is 11.5 Å². The summed E-state index contributed by atoms with van der Waals surface area (Å²) in [7, 11) is 0. The molecule has 1 N–H and O–H groups in total. The number of nitrogens with zero attached hydrogens (tertiary/aromatic N) is 2. The van der Waals surface area contributed by atoms with Crippen molar-refractivity contribution in [1.82, 2.24) is 14.8 Å². The number of benzene rings is 1. The molecule has 0 fully saturated rings. The Morgan fingerprint density at radius 3 is 2.62 bits per heavy atom. The third-order valence-electron chi connectivity index (χ3n) is 4.62. The molecule has 0 aliphatic carbocycles. The van der Waals surface area contributed by atoms with Crippen LogP contribution < -0.4 is 5.32 Å². The molecule has 0 radical (unpaired) electrons. The van der Waals surface area contributed by atoms with E-state index < -0.39 is 0 Å². The minimum Gasteiger partial charge on any atom is -0.349 e. The summed E-state index contributed by atoms with van der Waals surface area (Å²) in [4.78, 5) is 15.0. The van der Waals surface area contributed by atoms with Crippen LogP contribution in [0.4, 0.5) is 4.39 Å². The second-order valence-corrected chi connectivity index (χ2v) is 7.14. The van der Waals surface area contributed by atoms with Gasteiger partial charge >= 0.3 is 0 Å². The van der Waals surface area contributed by atoms with Crippen molar-refractivity contribution in [3.63, 3.8) is 0 Å². The van der Waals surface area contributed by atoms with Crippen molar-refractivity contribution >= 4 is 27.5 Å². The number of amides is 1. The highest BCUT2D eigenvalue weighted by Crippen LogP contribution is 2.26. The van der Waals surface area contributed by atoms with Crippen molar-refractivity contribution in [3.05, 3.63) is 58.9 Å². The Kier molecular flexibility index (Phi) is 6.06. The van der Waals surface area contributed by atoms with Gasteiger partial charge in [-0.05, 0) is 48.3 Å². The SMILES string of the molecule is CCN(CC)CCNC(=O)c1cc2sccc2n1Cc1ccc(F)cc1. The minimum absolute atomic E-state index is 0.0670. The third-order valence-corrected chi connectivity index (χ3v) is 5.47. The molecule has 26 heavy (non-hydrogen) atoms. The number of likely N-dealkylation sites (N-methyl/N-ethyl adjacent to an activating group) is 1. The van der Waals surface area contributed by atoms with Gasteiger partial charge in [0.15, 0.2) is 0 Å². The van der Waals surface area contributed by atoms with E-state index in [9.17, 15) is 9.18 Å². The number of fused-ring (bicyclic) bond motifs is 1. The molecular formula is C20H24FN3OS. The van der Waals surface area contributed by atoms with E-state index in [0.717, 1.165) is 35.4 Å². The van der Waals surface area contributed by atoms with Crippen molar-refractivity contribution in [2.24, 2.45) is 0 Å². The number of halogens is 1. The minimum atomic E-state index is -0.253. The molecule has 0 spiro atoms.